The quantitative estimate of drug-likeness (QED) is 0.847. The highest BCUT2D eigenvalue weighted by molar-refractivity contribution is 5.84. The van der Waals surface area contributed by atoms with E-state index in [-0.39, 0.29) is 5.91 Å². The zero-order valence-corrected chi connectivity index (χ0v) is 13.2. The number of hydrogen-bond acceptors (Lipinski definition) is 2. The van der Waals surface area contributed by atoms with Crippen LogP contribution in [0.25, 0.3) is 10.9 Å². The highest BCUT2D eigenvalue weighted by Gasteiger charge is 2.07. The Morgan fingerprint density at radius 2 is 2.05 bits per heavy atom. The molecule has 21 heavy (non-hydrogen) atoms. The van der Waals surface area contributed by atoms with Crippen LogP contribution in [0, 0.1) is 0 Å². The Labute approximate surface area is 126 Å². The minimum absolute atomic E-state index is 0.150. The van der Waals surface area contributed by atoms with Crippen LogP contribution < -0.4 is 5.32 Å². The van der Waals surface area contributed by atoms with E-state index in [0.717, 1.165) is 25.9 Å². The summed E-state index contributed by atoms with van der Waals surface area (Å²) >= 11 is 0. The SMILES string of the molecule is CN(C)CCNC(=O)CCCc1cn(C)c2ccccc12. The van der Waals surface area contributed by atoms with E-state index < -0.39 is 0 Å². The molecule has 0 aliphatic heterocycles. The summed E-state index contributed by atoms with van der Waals surface area (Å²) in [7, 11) is 6.08. The molecule has 0 spiro atoms. The minimum Gasteiger partial charge on any atom is -0.355 e. The van der Waals surface area contributed by atoms with Crippen molar-refractivity contribution in [2.45, 2.75) is 19.3 Å². The van der Waals surface area contributed by atoms with Gasteiger partial charge < -0.3 is 14.8 Å². The maximum atomic E-state index is 11.7. The van der Waals surface area contributed by atoms with Gasteiger partial charge in [-0.2, -0.15) is 0 Å². The molecule has 1 amide bonds. The van der Waals surface area contributed by atoms with Gasteiger partial charge in [-0.1, -0.05) is 18.2 Å². The van der Waals surface area contributed by atoms with Crippen molar-refractivity contribution in [1.29, 1.82) is 0 Å². The van der Waals surface area contributed by atoms with Gasteiger partial charge in [-0.15, -0.1) is 0 Å². The van der Waals surface area contributed by atoms with Crippen molar-refractivity contribution in [3.8, 4) is 0 Å². The number of para-hydroxylation sites is 1. The van der Waals surface area contributed by atoms with E-state index in [4.69, 9.17) is 0 Å². The number of amides is 1. The van der Waals surface area contributed by atoms with Crippen LogP contribution in [0.4, 0.5) is 0 Å². The molecular formula is C17H25N3O. The third kappa shape index (κ3) is 4.33. The van der Waals surface area contributed by atoms with Crippen LogP contribution in [-0.2, 0) is 18.3 Å². The van der Waals surface area contributed by atoms with Crippen molar-refractivity contribution >= 4 is 16.8 Å². The second-order valence-electron chi connectivity index (χ2n) is 5.79. The van der Waals surface area contributed by atoms with Crippen molar-refractivity contribution in [2.24, 2.45) is 7.05 Å². The lowest BCUT2D eigenvalue weighted by atomic mass is 10.1. The molecule has 4 nitrogen and oxygen atoms in total. The van der Waals surface area contributed by atoms with Crippen LogP contribution >= 0.6 is 0 Å². The molecule has 0 aliphatic rings. The Balaban J connectivity index is 1.81. The summed E-state index contributed by atoms with van der Waals surface area (Å²) in [6.45, 7) is 1.61. The van der Waals surface area contributed by atoms with Gasteiger partial charge in [0.2, 0.25) is 5.91 Å². The topological polar surface area (TPSA) is 37.3 Å². The lowest BCUT2D eigenvalue weighted by molar-refractivity contribution is -0.121. The first-order valence-corrected chi connectivity index (χ1v) is 7.52. The van der Waals surface area contributed by atoms with Gasteiger partial charge in [0.1, 0.15) is 0 Å². The predicted molar refractivity (Wildman–Crippen MR) is 87.4 cm³/mol. The summed E-state index contributed by atoms with van der Waals surface area (Å²) < 4.78 is 2.15. The maximum absolute atomic E-state index is 11.7. The van der Waals surface area contributed by atoms with E-state index in [1.165, 1.54) is 16.5 Å². The van der Waals surface area contributed by atoms with Crippen LogP contribution in [0.1, 0.15) is 18.4 Å². The molecule has 1 N–H and O–H groups in total. The summed E-state index contributed by atoms with van der Waals surface area (Å²) in [5.41, 5.74) is 2.58. The molecule has 0 bridgehead atoms. The van der Waals surface area contributed by atoms with Crippen molar-refractivity contribution < 1.29 is 4.79 Å². The first kappa shape index (κ1) is 15.6. The average Bonchev–Trinajstić information content (AvgIpc) is 2.76. The summed E-state index contributed by atoms with van der Waals surface area (Å²) in [6, 6.07) is 8.42. The number of carbonyl (C=O) groups excluding carboxylic acids is 1. The molecule has 0 aliphatic carbocycles. The fraction of sp³-hybridized carbons (Fsp3) is 0.471. The third-order valence-corrected chi connectivity index (χ3v) is 3.71. The second-order valence-corrected chi connectivity index (χ2v) is 5.79. The normalized spacial score (nSPS) is 11.2. The molecule has 114 valence electrons. The molecule has 0 saturated heterocycles. The van der Waals surface area contributed by atoms with Gasteiger partial charge in [0, 0.05) is 43.7 Å². The van der Waals surface area contributed by atoms with Crippen LogP contribution in [0.5, 0.6) is 0 Å². The third-order valence-electron chi connectivity index (χ3n) is 3.71. The largest absolute Gasteiger partial charge is 0.355 e. The number of likely N-dealkylation sites (N-methyl/N-ethyl adjacent to an activating group) is 1. The minimum atomic E-state index is 0.150. The Bertz CT molecular complexity index is 601. The number of hydrogen-bond donors (Lipinski definition) is 1. The lowest BCUT2D eigenvalue weighted by Crippen LogP contribution is -2.31. The monoisotopic (exact) mass is 287 g/mol. The molecule has 0 unspecified atom stereocenters. The Hall–Kier alpha value is -1.81. The number of aryl methyl sites for hydroxylation is 2. The zero-order chi connectivity index (χ0) is 15.2. The molecule has 1 aromatic heterocycles. The van der Waals surface area contributed by atoms with E-state index in [1.807, 2.05) is 14.1 Å². The number of fused-ring (bicyclic) bond motifs is 1. The average molecular weight is 287 g/mol. The van der Waals surface area contributed by atoms with Crippen LogP contribution in [-0.4, -0.2) is 42.6 Å². The van der Waals surface area contributed by atoms with Crippen LogP contribution in [0.2, 0.25) is 0 Å². The fourth-order valence-electron chi connectivity index (χ4n) is 2.57. The summed E-state index contributed by atoms with van der Waals surface area (Å²) in [4.78, 5) is 13.8. The molecule has 0 radical (unpaired) electrons. The second kappa shape index (κ2) is 7.27. The van der Waals surface area contributed by atoms with Gasteiger partial charge in [-0.05, 0) is 38.6 Å². The standard InChI is InChI=1S/C17H25N3O/c1-19(2)12-11-18-17(21)10-6-7-14-13-20(3)16-9-5-4-8-15(14)16/h4-5,8-9,13H,6-7,10-12H2,1-3H3,(H,18,21). The highest BCUT2D eigenvalue weighted by atomic mass is 16.1. The van der Waals surface area contributed by atoms with Gasteiger partial charge in [0.25, 0.3) is 0 Å². The lowest BCUT2D eigenvalue weighted by Gasteiger charge is -2.10. The van der Waals surface area contributed by atoms with Gasteiger partial charge >= 0.3 is 0 Å². The molecular weight excluding hydrogens is 262 g/mol. The van der Waals surface area contributed by atoms with Gasteiger partial charge in [0.15, 0.2) is 0 Å². The van der Waals surface area contributed by atoms with E-state index in [1.54, 1.807) is 0 Å². The zero-order valence-electron chi connectivity index (χ0n) is 13.2. The molecule has 0 atom stereocenters. The Morgan fingerprint density at radius 3 is 2.81 bits per heavy atom. The van der Waals surface area contributed by atoms with E-state index in [9.17, 15) is 4.79 Å². The Kier molecular flexibility index (Phi) is 5.39. The van der Waals surface area contributed by atoms with Gasteiger partial charge in [-0.3, -0.25) is 4.79 Å². The fourth-order valence-corrected chi connectivity index (χ4v) is 2.57. The number of nitrogens with one attached hydrogen (secondary N) is 1. The van der Waals surface area contributed by atoms with Crippen molar-refractivity contribution in [3.63, 3.8) is 0 Å². The maximum Gasteiger partial charge on any atom is 0.220 e. The molecule has 1 aromatic carbocycles. The summed E-state index contributed by atoms with van der Waals surface area (Å²) in [5.74, 6) is 0.150. The highest BCUT2D eigenvalue weighted by Crippen LogP contribution is 2.21. The molecule has 2 rings (SSSR count). The van der Waals surface area contributed by atoms with Crippen LogP contribution in [0.3, 0.4) is 0 Å². The summed E-state index contributed by atoms with van der Waals surface area (Å²) in [6.07, 6.45) is 4.61. The van der Waals surface area contributed by atoms with Crippen LogP contribution in [0.15, 0.2) is 30.5 Å². The molecule has 0 fully saturated rings. The number of aromatic nitrogens is 1. The Morgan fingerprint density at radius 1 is 1.29 bits per heavy atom. The van der Waals surface area contributed by atoms with Crippen molar-refractivity contribution in [2.75, 3.05) is 27.2 Å². The number of rotatable bonds is 7. The van der Waals surface area contributed by atoms with Crippen molar-refractivity contribution in [3.05, 3.63) is 36.0 Å². The first-order valence-electron chi connectivity index (χ1n) is 7.52. The molecule has 1 heterocycles. The summed E-state index contributed by atoms with van der Waals surface area (Å²) in [5, 5.41) is 4.26. The van der Waals surface area contributed by atoms with Gasteiger partial charge in [-0.25, -0.2) is 0 Å². The molecule has 0 saturated carbocycles. The van der Waals surface area contributed by atoms with E-state index in [2.05, 4.69) is 52.3 Å². The molecule has 2 aromatic rings. The first-order chi connectivity index (χ1) is 10.1. The van der Waals surface area contributed by atoms with E-state index >= 15 is 0 Å². The number of carbonyl (C=O) groups is 1. The number of nitrogens with zero attached hydrogens (tertiary/aromatic N) is 2. The van der Waals surface area contributed by atoms with Gasteiger partial charge in [0.05, 0.1) is 0 Å². The number of benzene rings is 1. The smallest absolute Gasteiger partial charge is 0.220 e. The van der Waals surface area contributed by atoms with Crippen molar-refractivity contribution in [1.82, 2.24) is 14.8 Å². The predicted octanol–water partition coefficient (Wildman–Crippen LogP) is 2.18. The molecule has 4 heteroatoms. The van der Waals surface area contributed by atoms with E-state index in [0.29, 0.717) is 6.42 Å².